The predicted molar refractivity (Wildman–Crippen MR) is 70.2 cm³/mol. The van der Waals surface area contributed by atoms with Gasteiger partial charge in [-0.15, -0.1) is 15.0 Å². The average Bonchev–Trinajstić information content (AvgIpc) is 2.86. The van der Waals surface area contributed by atoms with Crippen molar-refractivity contribution in [2.24, 2.45) is 0 Å². The summed E-state index contributed by atoms with van der Waals surface area (Å²) in [6.45, 7) is 2.05. The molecule has 0 atom stereocenters. The third kappa shape index (κ3) is 3.38. The van der Waals surface area contributed by atoms with Crippen molar-refractivity contribution in [3.8, 4) is 11.4 Å². The Kier molecular flexibility index (Phi) is 4.25. The molecule has 0 saturated heterocycles. The fourth-order valence-electron chi connectivity index (χ4n) is 1.36. The molecule has 0 fully saturated rings. The van der Waals surface area contributed by atoms with Crippen molar-refractivity contribution in [1.82, 2.24) is 20.2 Å². The van der Waals surface area contributed by atoms with Gasteiger partial charge in [-0.2, -0.15) is 0 Å². The van der Waals surface area contributed by atoms with Crippen LogP contribution in [0.2, 0.25) is 5.02 Å². The highest BCUT2D eigenvalue weighted by Gasteiger charge is 2.08. The Bertz CT molecular complexity index is 609. The van der Waals surface area contributed by atoms with Gasteiger partial charge in [0.15, 0.2) is 0 Å². The van der Waals surface area contributed by atoms with Crippen molar-refractivity contribution in [3.63, 3.8) is 0 Å². The molecule has 0 bridgehead atoms. The lowest BCUT2D eigenvalue weighted by molar-refractivity contribution is -0.137. The number of nitrogens with zero attached hydrogens (tertiary/aromatic N) is 4. The van der Waals surface area contributed by atoms with E-state index in [9.17, 15) is 4.79 Å². The topological polar surface area (TPSA) is 69.9 Å². The number of hydrogen-bond acceptors (Lipinski definition) is 5. The summed E-state index contributed by atoms with van der Waals surface area (Å²) in [6, 6.07) is 7.18. The van der Waals surface area contributed by atoms with E-state index in [0.717, 1.165) is 0 Å². The lowest BCUT2D eigenvalue weighted by Crippen LogP contribution is -2.01. The Balaban J connectivity index is 2.16. The van der Waals surface area contributed by atoms with Gasteiger partial charge in [0.2, 0.25) is 5.82 Å². The van der Waals surface area contributed by atoms with Crippen molar-refractivity contribution in [2.45, 2.75) is 6.92 Å². The molecule has 2 rings (SSSR count). The summed E-state index contributed by atoms with van der Waals surface area (Å²) in [5, 5.41) is 12.3. The molecular formula is C12H11ClN4O2. The monoisotopic (exact) mass is 278 g/mol. The maximum atomic E-state index is 11.1. The number of tetrazole rings is 1. The molecule has 0 aliphatic rings. The van der Waals surface area contributed by atoms with Crippen LogP contribution in [0.5, 0.6) is 0 Å². The fraction of sp³-hybridized carbons (Fsp3) is 0.167. The van der Waals surface area contributed by atoms with Crippen LogP contribution < -0.4 is 0 Å². The largest absolute Gasteiger partial charge is 0.463 e. The van der Waals surface area contributed by atoms with Gasteiger partial charge in [-0.1, -0.05) is 23.7 Å². The third-order valence-corrected chi connectivity index (χ3v) is 2.50. The Hall–Kier alpha value is -2.21. The maximum Gasteiger partial charge on any atom is 0.332 e. The number of benzene rings is 1. The van der Waals surface area contributed by atoms with Crippen molar-refractivity contribution in [1.29, 1.82) is 0 Å². The van der Waals surface area contributed by atoms with E-state index in [0.29, 0.717) is 23.0 Å². The van der Waals surface area contributed by atoms with Crippen LogP contribution >= 0.6 is 11.6 Å². The van der Waals surface area contributed by atoms with Crippen LogP contribution in [0.15, 0.2) is 30.3 Å². The molecule has 0 amide bonds. The molecular weight excluding hydrogens is 268 g/mol. The number of ether oxygens (including phenoxy) is 1. The minimum absolute atomic E-state index is 0.318. The van der Waals surface area contributed by atoms with Gasteiger partial charge < -0.3 is 4.74 Å². The lowest BCUT2D eigenvalue weighted by Gasteiger charge is -1.96. The van der Waals surface area contributed by atoms with Crippen LogP contribution in [0.1, 0.15) is 6.92 Å². The molecule has 7 heteroatoms. The molecule has 0 N–H and O–H groups in total. The minimum atomic E-state index is -0.459. The quantitative estimate of drug-likeness (QED) is 0.632. The van der Waals surface area contributed by atoms with Crippen LogP contribution in [0.3, 0.4) is 0 Å². The van der Waals surface area contributed by atoms with Gasteiger partial charge in [0.05, 0.1) is 17.8 Å². The van der Waals surface area contributed by atoms with Crippen molar-refractivity contribution >= 4 is 23.8 Å². The number of esters is 1. The fourth-order valence-corrected chi connectivity index (χ4v) is 1.58. The third-order valence-electron chi connectivity index (χ3n) is 2.17. The average molecular weight is 279 g/mol. The van der Waals surface area contributed by atoms with Gasteiger partial charge in [0.1, 0.15) is 0 Å². The molecule has 2 aromatic rings. The highest BCUT2D eigenvalue weighted by Crippen LogP contribution is 2.23. The molecule has 0 aliphatic heterocycles. The molecule has 6 nitrogen and oxygen atoms in total. The first-order chi connectivity index (χ1) is 9.20. The van der Waals surface area contributed by atoms with Crippen LogP contribution in [0.4, 0.5) is 0 Å². The second kappa shape index (κ2) is 6.10. The van der Waals surface area contributed by atoms with E-state index in [2.05, 4.69) is 15.4 Å². The van der Waals surface area contributed by atoms with Gasteiger partial charge in [-0.05, 0) is 24.3 Å². The zero-order valence-electron chi connectivity index (χ0n) is 10.2. The summed E-state index contributed by atoms with van der Waals surface area (Å²) < 4.78 is 4.74. The van der Waals surface area contributed by atoms with Crippen molar-refractivity contribution in [3.05, 3.63) is 35.4 Å². The molecule has 0 spiro atoms. The molecule has 1 aromatic carbocycles. The van der Waals surface area contributed by atoms with Gasteiger partial charge in [0, 0.05) is 11.6 Å². The summed E-state index contributed by atoms with van der Waals surface area (Å²) in [4.78, 5) is 12.3. The number of hydrogen-bond donors (Lipinski definition) is 0. The van der Waals surface area contributed by atoms with E-state index in [1.165, 1.54) is 17.1 Å². The van der Waals surface area contributed by atoms with Gasteiger partial charge in [0.25, 0.3) is 0 Å². The standard InChI is InChI=1S/C12H11ClN4O2/c1-2-19-11(18)7-8-17-15-12(14-16-17)9-5-3-4-6-10(9)13/h3-8H,2H2,1H3/b8-7-. The highest BCUT2D eigenvalue weighted by atomic mass is 35.5. The predicted octanol–water partition coefficient (Wildman–Crippen LogP) is 2.03. The normalized spacial score (nSPS) is 10.8. The minimum Gasteiger partial charge on any atom is -0.463 e. The van der Waals surface area contributed by atoms with Crippen LogP contribution in [0, 0.1) is 0 Å². The molecule has 1 aromatic heterocycles. The van der Waals surface area contributed by atoms with Crippen LogP contribution in [-0.2, 0) is 9.53 Å². The van der Waals surface area contributed by atoms with E-state index in [4.69, 9.17) is 16.3 Å². The summed E-state index contributed by atoms with van der Waals surface area (Å²) in [5.74, 6) is -0.0711. The molecule has 1 heterocycles. The first kappa shape index (κ1) is 13.2. The summed E-state index contributed by atoms with van der Waals surface area (Å²) in [6.07, 6.45) is 2.59. The number of carbonyl (C=O) groups excluding carboxylic acids is 1. The van der Waals surface area contributed by atoms with Gasteiger partial charge in [-0.25, -0.2) is 4.79 Å². The zero-order valence-corrected chi connectivity index (χ0v) is 10.9. The second-order valence-electron chi connectivity index (χ2n) is 3.48. The lowest BCUT2D eigenvalue weighted by atomic mass is 10.2. The van der Waals surface area contributed by atoms with E-state index < -0.39 is 5.97 Å². The summed E-state index contributed by atoms with van der Waals surface area (Å²) in [7, 11) is 0. The van der Waals surface area contributed by atoms with Crippen molar-refractivity contribution < 1.29 is 9.53 Å². The van der Waals surface area contributed by atoms with Crippen LogP contribution in [0.25, 0.3) is 17.6 Å². The summed E-state index contributed by atoms with van der Waals surface area (Å²) >= 11 is 6.03. The van der Waals surface area contributed by atoms with E-state index in [1.807, 2.05) is 12.1 Å². The molecule has 0 saturated carbocycles. The van der Waals surface area contributed by atoms with E-state index in [1.54, 1.807) is 19.1 Å². The SMILES string of the molecule is CCOC(=O)/C=C\n1nnc(-c2ccccc2Cl)n1. The number of aromatic nitrogens is 4. The van der Waals surface area contributed by atoms with Gasteiger partial charge in [-0.3, -0.25) is 0 Å². The van der Waals surface area contributed by atoms with E-state index >= 15 is 0 Å². The molecule has 0 unspecified atom stereocenters. The Morgan fingerprint density at radius 2 is 2.26 bits per heavy atom. The van der Waals surface area contributed by atoms with Crippen LogP contribution in [-0.4, -0.2) is 32.8 Å². The summed E-state index contributed by atoms with van der Waals surface area (Å²) in [5.41, 5.74) is 0.681. The number of rotatable bonds is 4. The Morgan fingerprint density at radius 3 is 3.00 bits per heavy atom. The van der Waals surface area contributed by atoms with Crippen molar-refractivity contribution in [2.75, 3.05) is 6.61 Å². The smallest absolute Gasteiger partial charge is 0.332 e. The molecule has 0 radical (unpaired) electrons. The van der Waals surface area contributed by atoms with E-state index in [-0.39, 0.29) is 0 Å². The second-order valence-corrected chi connectivity index (χ2v) is 3.89. The Morgan fingerprint density at radius 1 is 1.47 bits per heavy atom. The first-order valence-electron chi connectivity index (χ1n) is 5.60. The number of carbonyl (C=O) groups is 1. The molecule has 0 aliphatic carbocycles. The molecule has 98 valence electrons. The Labute approximate surface area is 114 Å². The maximum absolute atomic E-state index is 11.1. The molecule has 19 heavy (non-hydrogen) atoms. The number of halogens is 1. The van der Waals surface area contributed by atoms with Gasteiger partial charge >= 0.3 is 5.97 Å². The zero-order chi connectivity index (χ0) is 13.7. The highest BCUT2D eigenvalue weighted by molar-refractivity contribution is 6.33. The first-order valence-corrected chi connectivity index (χ1v) is 5.98.